The van der Waals surface area contributed by atoms with Crippen molar-refractivity contribution in [1.29, 1.82) is 0 Å². The normalized spacial score (nSPS) is 11.6. The van der Waals surface area contributed by atoms with Crippen LogP contribution in [0.15, 0.2) is 54.7 Å². The van der Waals surface area contributed by atoms with Crippen molar-refractivity contribution in [1.82, 2.24) is 9.78 Å². The van der Waals surface area contributed by atoms with Crippen LogP contribution in [0.25, 0.3) is 16.9 Å². The molecule has 2 aromatic carbocycles. The Balaban J connectivity index is 2.19. The van der Waals surface area contributed by atoms with Crippen LogP contribution < -0.4 is 0 Å². The van der Waals surface area contributed by atoms with Crippen LogP contribution in [-0.2, 0) is 6.18 Å². The van der Waals surface area contributed by atoms with Gasteiger partial charge in [0.15, 0.2) is 0 Å². The predicted molar refractivity (Wildman–Crippen MR) is 77.8 cm³/mol. The Morgan fingerprint density at radius 1 is 1.14 bits per heavy atom. The van der Waals surface area contributed by atoms with Crippen LogP contribution in [-0.4, -0.2) is 9.78 Å². The van der Waals surface area contributed by atoms with Crippen LogP contribution in [0.3, 0.4) is 0 Å². The highest BCUT2D eigenvalue weighted by Crippen LogP contribution is 2.37. The van der Waals surface area contributed by atoms with Crippen molar-refractivity contribution < 1.29 is 13.2 Å². The maximum Gasteiger partial charge on any atom is 0.417 e. The highest BCUT2D eigenvalue weighted by atomic mass is 35.5. The summed E-state index contributed by atoms with van der Waals surface area (Å²) in [6.45, 7) is 0. The first-order chi connectivity index (χ1) is 10.5. The first-order valence-electron chi connectivity index (χ1n) is 6.34. The van der Waals surface area contributed by atoms with Gasteiger partial charge in [-0.3, -0.25) is 0 Å². The maximum absolute atomic E-state index is 13.2. The number of aromatic nitrogens is 2. The van der Waals surface area contributed by atoms with Crippen LogP contribution in [0.1, 0.15) is 5.56 Å². The van der Waals surface area contributed by atoms with Gasteiger partial charge in [0, 0.05) is 10.6 Å². The van der Waals surface area contributed by atoms with Gasteiger partial charge in [-0.1, -0.05) is 23.7 Å². The summed E-state index contributed by atoms with van der Waals surface area (Å²) in [4.78, 5) is 0. The molecule has 0 aliphatic rings. The fourth-order valence-corrected chi connectivity index (χ4v) is 2.39. The Kier molecular flexibility index (Phi) is 3.66. The molecule has 0 bridgehead atoms. The van der Waals surface area contributed by atoms with Gasteiger partial charge in [0.25, 0.3) is 0 Å². The fourth-order valence-electron chi connectivity index (χ4n) is 2.21. The lowest BCUT2D eigenvalue weighted by molar-refractivity contribution is -0.137. The zero-order valence-corrected chi connectivity index (χ0v) is 11.9. The van der Waals surface area contributed by atoms with Crippen molar-refractivity contribution in [2.24, 2.45) is 0 Å². The van der Waals surface area contributed by atoms with E-state index >= 15 is 0 Å². The second-order valence-corrected chi connectivity index (χ2v) is 5.01. The molecular formula is C16H9ClF3N2. The Labute approximate surface area is 129 Å². The number of hydrogen-bond donors (Lipinski definition) is 0. The molecule has 2 nitrogen and oxygen atoms in total. The Hall–Kier alpha value is -2.27. The van der Waals surface area contributed by atoms with Gasteiger partial charge in [-0.05, 0) is 42.5 Å². The minimum absolute atomic E-state index is 0.0208. The molecule has 111 valence electrons. The van der Waals surface area contributed by atoms with Gasteiger partial charge in [0.05, 0.1) is 23.1 Å². The molecule has 0 saturated carbocycles. The van der Waals surface area contributed by atoms with Crippen LogP contribution in [0.4, 0.5) is 13.2 Å². The zero-order valence-electron chi connectivity index (χ0n) is 11.1. The molecule has 1 aromatic heterocycles. The first kappa shape index (κ1) is 14.7. The van der Waals surface area contributed by atoms with E-state index in [1.807, 2.05) is 0 Å². The molecule has 0 aliphatic heterocycles. The van der Waals surface area contributed by atoms with E-state index in [1.165, 1.54) is 29.1 Å². The molecule has 0 atom stereocenters. The summed E-state index contributed by atoms with van der Waals surface area (Å²) in [5, 5.41) is 4.59. The molecule has 3 rings (SSSR count). The molecule has 0 amide bonds. The van der Waals surface area contributed by atoms with E-state index in [-0.39, 0.29) is 5.56 Å². The number of halogens is 4. The highest BCUT2D eigenvalue weighted by Gasteiger charge is 2.34. The van der Waals surface area contributed by atoms with E-state index in [9.17, 15) is 13.2 Å². The van der Waals surface area contributed by atoms with Crippen molar-refractivity contribution >= 4 is 11.6 Å². The van der Waals surface area contributed by atoms with Crippen LogP contribution in [0, 0.1) is 6.07 Å². The largest absolute Gasteiger partial charge is 0.417 e. The number of nitrogens with zero attached hydrogens (tertiary/aromatic N) is 2. The van der Waals surface area contributed by atoms with Gasteiger partial charge in [0.2, 0.25) is 0 Å². The zero-order chi connectivity index (χ0) is 15.7. The summed E-state index contributed by atoms with van der Waals surface area (Å²) < 4.78 is 40.9. The van der Waals surface area contributed by atoms with Gasteiger partial charge >= 0.3 is 6.18 Å². The van der Waals surface area contributed by atoms with Gasteiger partial charge in [-0.25, -0.2) is 4.68 Å². The lowest BCUT2D eigenvalue weighted by Crippen LogP contribution is -2.09. The van der Waals surface area contributed by atoms with Crippen LogP contribution in [0.5, 0.6) is 0 Å². The van der Waals surface area contributed by atoms with Crippen molar-refractivity contribution in [3.05, 3.63) is 71.4 Å². The second kappa shape index (κ2) is 5.50. The third-order valence-corrected chi connectivity index (χ3v) is 3.38. The molecule has 0 spiro atoms. The summed E-state index contributed by atoms with van der Waals surface area (Å²) >= 11 is 5.94. The number of rotatable bonds is 2. The standard InChI is InChI=1S/C16H9ClF3N2/c17-11-4-3-5-12(10-11)22-15(8-9-21-22)13-6-1-2-7-14(13)16(18,19)20/h2-10H. The van der Waals surface area contributed by atoms with Crippen LogP contribution in [0.2, 0.25) is 5.02 Å². The first-order valence-corrected chi connectivity index (χ1v) is 6.72. The lowest BCUT2D eigenvalue weighted by atomic mass is 10.0. The van der Waals surface area contributed by atoms with Gasteiger partial charge < -0.3 is 0 Å². The average Bonchev–Trinajstić information content (AvgIpc) is 2.95. The molecule has 1 heterocycles. The van der Waals surface area contributed by atoms with Gasteiger partial charge in [-0.15, -0.1) is 0 Å². The summed E-state index contributed by atoms with van der Waals surface area (Å²) in [5.74, 6) is 0. The third-order valence-electron chi connectivity index (χ3n) is 3.14. The van der Waals surface area contributed by atoms with Crippen molar-refractivity contribution in [2.75, 3.05) is 0 Å². The number of benzene rings is 2. The van der Waals surface area contributed by atoms with E-state index in [4.69, 9.17) is 11.6 Å². The van der Waals surface area contributed by atoms with Crippen LogP contribution >= 0.6 is 11.6 Å². The Bertz CT molecular complexity index is 809. The summed E-state index contributed by atoms with van der Waals surface area (Å²) in [7, 11) is 0. The van der Waals surface area contributed by atoms with Crippen molar-refractivity contribution in [3.8, 4) is 16.9 Å². The minimum atomic E-state index is -4.45. The molecule has 3 aromatic rings. The molecule has 0 fully saturated rings. The molecule has 0 saturated heterocycles. The SMILES string of the molecule is FC(F)(F)c1cc[c]cc1-c1ccnn1-c1cccc(Cl)c1. The predicted octanol–water partition coefficient (Wildman–Crippen LogP) is 5.01. The highest BCUT2D eigenvalue weighted by molar-refractivity contribution is 6.30. The van der Waals surface area contributed by atoms with Gasteiger partial charge in [0.1, 0.15) is 0 Å². The average molecular weight is 322 g/mol. The summed E-state index contributed by atoms with van der Waals surface area (Å²) in [6.07, 6.45) is -3.00. The second-order valence-electron chi connectivity index (χ2n) is 4.58. The maximum atomic E-state index is 13.2. The van der Waals surface area contributed by atoms with E-state index in [1.54, 1.807) is 24.3 Å². The van der Waals surface area contributed by atoms with Gasteiger partial charge in [-0.2, -0.15) is 18.3 Å². The Morgan fingerprint density at radius 3 is 2.68 bits per heavy atom. The smallest absolute Gasteiger partial charge is 0.233 e. The van der Waals surface area contributed by atoms with Crippen molar-refractivity contribution in [3.63, 3.8) is 0 Å². The quantitative estimate of drug-likeness (QED) is 0.648. The number of alkyl halides is 3. The molecular weight excluding hydrogens is 313 g/mol. The van der Waals surface area contributed by atoms with Crippen molar-refractivity contribution in [2.45, 2.75) is 6.18 Å². The van der Waals surface area contributed by atoms with E-state index in [0.717, 1.165) is 6.07 Å². The van der Waals surface area contributed by atoms with E-state index in [2.05, 4.69) is 11.2 Å². The molecule has 0 unspecified atom stereocenters. The fraction of sp³-hybridized carbons (Fsp3) is 0.0625. The van der Waals surface area contributed by atoms with E-state index in [0.29, 0.717) is 16.4 Å². The molecule has 6 heteroatoms. The molecule has 1 radical (unpaired) electrons. The lowest BCUT2D eigenvalue weighted by Gasteiger charge is -2.14. The summed E-state index contributed by atoms with van der Waals surface area (Å²) in [5.41, 5.74) is 0.207. The summed E-state index contributed by atoms with van der Waals surface area (Å²) in [6, 6.07) is 14.5. The Morgan fingerprint density at radius 2 is 1.95 bits per heavy atom. The minimum Gasteiger partial charge on any atom is -0.233 e. The number of hydrogen-bond acceptors (Lipinski definition) is 1. The topological polar surface area (TPSA) is 17.8 Å². The third kappa shape index (κ3) is 2.72. The van der Waals surface area contributed by atoms with E-state index < -0.39 is 11.7 Å². The molecule has 0 N–H and O–H groups in total. The molecule has 22 heavy (non-hydrogen) atoms. The molecule has 0 aliphatic carbocycles. The monoisotopic (exact) mass is 321 g/mol.